The van der Waals surface area contributed by atoms with Gasteiger partial charge < -0.3 is 5.32 Å². The third-order valence-corrected chi connectivity index (χ3v) is 3.79. The Morgan fingerprint density at radius 2 is 1.93 bits per heavy atom. The molecule has 0 aromatic rings. The van der Waals surface area contributed by atoms with Crippen LogP contribution in [0.25, 0.3) is 0 Å². The van der Waals surface area contributed by atoms with Gasteiger partial charge in [-0.1, -0.05) is 39.7 Å². The zero-order valence-electron chi connectivity index (χ0n) is 9.43. The number of nitrogens with one attached hydrogen (secondary N) is 1. The number of hydrogen-bond acceptors (Lipinski definition) is 1. The van der Waals surface area contributed by atoms with Crippen LogP contribution in [0, 0.1) is 13.3 Å². The Hall–Kier alpha value is -0.790. The maximum Gasteiger partial charge on any atom is 0.243 e. The van der Waals surface area contributed by atoms with Crippen molar-refractivity contribution in [2.45, 2.75) is 50.5 Å². The molecule has 1 amide bonds. The van der Waals surface area contributed by atoms with Crippen molar-refractivity contribution in [3.63, 3.8) is 0 Å². The van der Waals surface area contributed by atoms with E-state index in [4.69, 9.17) is 0 Å². The van der Waals surface area contributed by atoms with Crippen LogP contribution in [0.4, 0.5) is 0 Å². The van der Waals surface area contributed by atoms with Crippen molar-refractivity contribution in [2.24, 2.45) is 5.92 Å². The molecule has 84 valence electrons. The van der Waals surface area contributed by atoms with Gasteiger partial charge in [0.1, 0.15) is 0 Å². The van der Waals surface area contributed by atoms with Gasteiger partial charge in [-0.25, -0.2) is 0 Å². The Bertz CT molecular complexity index is 237. The minimum Gasteiger partial charge on any atom is -0.347 e. The van der Waals surface area contributed by atoms with Crippen LogP contribution >= 0.6 is 0 Å². The SMILES string of the molecule is C=CC(=O)NC12CCCC(CCC1)C2.[CH2]. The van der Waals surface area contributed by atoms with Gasteiger partial charge in [0.2, 0.25) is 5.91 Å². The number of rotatable bonds is 2. The second-order valence-electron chi connectivity index (χ2n) is 4.83. The highest BCUT2D eigenvalue weighted by molar-refractivity contribution is 5.87. The molecule has 0 aromatic carbocycles. The first-order chi connectivity index (χ1) is 6.74. The maximum absolute atomic E-state index is 11.3. The minimum absolute atomic E-state index is 0. The molecule has 2 heteroatoms. The average Bonchev–Trinajstić information content (AvgIpc) is 2.17. The van der Waals surface area contributed by atoms with Gasteiger partial charge in [-0.15, -0.1) is 0 Å². The van der Waals surface area contributed by atoms with E-state index in [-0.39, 0.29) is 18.9 Å². The summed E-state index contributed by atoms with van der Waals surface area (Å²) >= 11 is 0. The van der Waals surface area contributed by atoms with Crippen molar-refractivity contribution < 1.29 is 4.79 Å². The van der Waals surface area contributed by atoms with Crippen LogP contribution in [0.15, 0.2) is 12.7 Å². The molecule has 2 bridgehead atoms. The fourth-order valence-electron chi connectivity index (χ4n) is 3.18. The summed E-state index contributed by atoms with van der Waals surface area (Å²) in [4.78, 5) is 11.3. The topological polar surface area (TPSA) is 29.1 Å². The van der Waals surface area contributed by atoms with Crippen molar-refractivity contribution in [2.75, 3.05) is 0 Å². The van der Waals surface area contributed by atoms with Crippen molar-refractivity contribution in [3.8, 4) is 0 Å². The van der Waals surface area contributed by atoms with Gasteiger partial charge in [-0.2, -0.15) is 0 Å². The molecule has 2 aliphatic carbocycles. The first-order valence-corrected chi connectivity index (χ1v) is 5.69. The average molecular weight is 207 g/mol. The second-order valence-corrected chi connectivity index (χ2v) is 4.83. The number of hydrogen-bond donors (Lipinski definition) is 1. The Morgan fingerprint density at radius 1 is 1.33 bits per heavy atom. The van der Waals surface area contributed by atoms with E-state index in [2.05, 4.69) is 11.9 Å². The Balaban J connectivity index is 0.00000112. The molecule has 1 N–H and O–H groups in total. The highest BCUT2D eigenvalue weighted by Crippen LogP contribution is 2.42. The third-order valence-electron chi connectivity index (χ3n) is 3.79. The summed E-state index contributed by atoms with van der Waals surface area (Å²) in [6.07, 6.45) is 10.2. The molecular weight excluding hydrogens is 186 g/mol. The van der Waals surface area contributed by atoms with Crippen LogP contribution in [-0.2, 0) is 4.79 Å². The minimum atomic E-state index is 0. The van der Waals surface area contributed by atoms with Gasteiger partial charge in [-0.05, 0) is 31.3 Å². The summed E-state index contributed by atoms with van der Waals surface area (Å²) in [5.41, 5.74) is 0.131. The lowest BCUT2D eigenvalue weighted by Gasteiger charge is -2.45. The van der Waals surface area contributed by atoms with Crippen molar-refractivity contribution in [1.82, 2.24) is 5.32 Å². The summed E-state index contributed by atoms with van der Waals surface area (Å²) in [5.74, 6) is 0.871. The Morgan fingerprint density at radius 3 is 2.47 bits per heavy atom. The molecule has 0 atom stereocenters. The molecule has 0 spiro atoms. The first kappa shape index (κ1) is 12.3. The van der Waals surface area contributed by atoms with Gasteiger partial charge in [-0.3, -0.25) is 4.79 Å². The fraction of sp³-hybridized carbons (Fsp3) is 0.692. The molecule has 2 rings (SSSR count). The molecule has 2 saturated carbocycles. The Labute approximate surface area is 93.1 Å². The molecule has 0 aliphatic heterocycles. The summed E-state index contributed by atoms with van der Waals surface area (Å²) in [6.45, 7) is 3.52. The van der Waals surface area contributed by atoms with E-state index in [1.54, 1.807) is 0 Å². The summed E-state index contributed by atoms with van der Waals surface area (Å²) in [6, 6.07) is 0. The summed E-state index contributed by atoms with van der Waals surface area (Å²) < 4.78 is 0. The van der Waals surface area contributed by atoms with Gasteiger partial charge in [0, 0.05) is 5.54 Å². The van der Waals surface area contributed by atoms with Crippen LogP contribution in [0.1, 0.15) is 44.9 Å². The molecule has 0 aromatic heterocycles. The highest BCUT2D eigenvalue weighted by atomic mass is 16.1. The quantitative estimate of drug-likeness (QED) is 0.693. The standard InChI is InChI=1S/C12H19NO.CH2/c1-2-11(14)13-12-7-3-5-10(9-12)6-4-8-12;/h2,10H,1,3-9H2,(H,13,14);1H2. The van der Waals surface area contributed by atoms with E-state index in [1.807, 2.05) is 0 Å². The zero-order valence-corrected chi connectivity index (χ0v) is 9.43. The lowest BCUT2D eigenvalue weighted by molar-refractivity contribution is -0.119. The van der Waals surface area contributed by atoms with E-state index in [0.717, 1.165) is 5.92 Å². The number of carbonyl (C=O) groups is 1. The van der Waals surface area contributed by atoms with E-state index in [9.17, 15) is 4.79 Å². The molecule has 2 aliphatic rings. The highest BCUT2D eigenvalue weighted by Gasteiger charge is 2.39. The molecule has 0 unspecified atom stereocenters. The lowest BCUT2D eigenvalue weighted by atomic mass is 9.67. The van der Waals surface area contributed by atoms with Crippen LogP contribution in [0.3, 0.4) is 0 Å². The van der Waals surface area contributed by atoms with Crippen LogP contribution < -0.4 is 5.32 Å². The number of fused-ring (bicyclic) bond motifs is 2. The van der Waals surface area contributed by atoms with E-state index in [1.165, 1.54) is 51.0 Å². The second kappa shape index (κ2) is 4.82. The molecule has 0 heterocycles. The lowest BCUT2D eigenvalue weighted by Crippen LogP contribution is -2.52. The molecule has 2 fully saturated rings. The maximum atomic E-state index is 11.3. The van der Waals surface area contributed by atoms with Crippen molar-refractivity contribution in [1.29, 1.82) is 0 Å². The van der Waals surface area contributed by atoms with Crippen LogP contribution in [0.2, 0.25) is 0 Å². The number of carbonyl (C=O) groups excluding carboxylic acids is 1. The molecule has 15 heavy (non-hydrogen) atoms. The van der Waals surface area contributed by atoms with E-state index >= 15 is 0 Å². The van der Waals surface area contributed by atoms with Crippen LogP contribution in [-0.4, -0.2) is 11.4 Å². The van der Waals surface area contributed by atoms with Gasteiger partial charge >= 0.3 is 0 Å². The monoisotopic (exact) mass is 207 g/mol. The van der Waals surface area contributed by atoms with E-state index < -0.39 is 0 Å². The van der Waals surface area contributed by atoms with Gasteiger partial charge in [0.05, 0.1) is 0 Å². The Kier molecular flexibility index (Phi) is 3.95. The number of amides is 1. The largest absolute Gasteiger partial charge is 0.347 e. The van der Waals surface area contributed by atoms with Crippen molar-refractivity contribution >= 4 is 5.91 Å². The fourth-order valence-corrected chi connectivity index (χ4v) is 3.18. The van der Waals surface area contributed by atoms with E-state index in [0.29, 0.717) is 0 Å². The molecule has 2 nitrogen and oxygen atoms in total. The molecule has 2 radical (unpaired) electrons. The van der Waals surface area contributed by atoms with Crippen LogP contribution in [0.5, 0.6) is 0 Å². The smallest absolute Gasteiger partial charge is 0.243 e. The normalized spacial score (nSPS) is 33.7. The summed E-state index contributed by atoms with van der Waals surface area (Å²) in [7, 11) is 0. The third kappa shape index (κ3) is 2.61. The molecule has 0 saturated heterocycles. The van der Waals surface area contributed by atoms with Gasteiger partial charge in [0.25, 0.3) is 0 Å². The predicted molar refractivity (Wildman–Crippen MR) is 62.2 cm³/mol. The predicted octanol–water partition coefficient (Wildman–Crippen LogP) is 2.73. The van der Waals surface area contributed by atoms with Gasteiger partial charge in [0.15, 0.2) is 0 Å². The van der Waals surface area contributed by atoms with Crippen molar-refractivity contribution in [3.05, 3.63) is 20.1 Å². The summed E-state index contributed by atoms with van der Waals surface area (Å²) in [5, 5.41) is 3.16. The zero-order chi connectivity index (χ0) is 10.0. The first-order valence-electron chi connectivity index (χ1n) is 5.69. The molecular formula is C13H21NO.